The molecule has 0 unspecified atom stereocenters. The highest BCUT2D eigenvalue weighted by atomic mass is 19.1. The maximum atomic E-state index is 14.6. The molecule has 5 aromatic rings. The van der Waals surface area contributed by atoms with Gasteiger partial charge in [0.2, 0.25) is 0 Å². The molecule has 2 fully saturated rings. The summed E-state index contributed by atoms with van der Waals surface area (Å²) >= 11 is 0. The number of anilines is 2. The van der Waals surface area contributed by atoms with Crippen molar-refractivity contribution in [3.63, 3.8) is 0 Å². The van der Waals surface area contributed by atoms with E-state index >= 15 is 0 Å². The van der Waals surface area contributed by atoms with Crippen molar-refractivity contribution >= 4 is 22.1 Å². The number of hydrogen-bond acceptors (Lipinski definition) is 8. The molecule has 9 rings (SSSR count). The van der Waals surface area contributed by atoms with E-state index in [1.807, 2.05) is 19.2 Å². The molecule has 7 atom stereocenters. The summed E-state index contributed by atoms with van der Waals surface area (Å²) in [5, 5.41) is 29.3. The number of hydrogen-bond donors (Lipinski definition) is 4. The van der Waals surface area contributed by atoms with Gasteiger partial charge in [-0.05, 0) is 121 Å². The minimum Gasteiger partial charge on any atom is -0.508 e. The third-order valence-corrected chi connectivity index (χ3v) is 12.7. The van der Waals surface area contributed by atoms with Crippen LogP contribution >= 0.6 is 0 Å². The van der Waals surface area contributed by atoms with E-state index in [1.54, 1.807) is 4.68 Å². The van der Waals surface area contributed by atoms with Crippen LogP contribution in [0.5, 0.6) is 5.75 Å². The SMILES string of the molecule is Cn1ncnc1[C@H]1c2n[nH]c(=O)c3cc(F)cc(c23)N[C@@H]1c1ccc(NCCCO[C@H]2CC[C@H]3[C@@H]4CCc5cc(O)ccc5[C@H]4CC[C@]23C)cc1. The van der Waals surface area contributed by atoms with Gasteiger partial charge in [0.1, 0.15) is 23.7 Å². The third kappa shape index (κ3) is 5.39. The van der Waals surface area contributed by atoms with Crippen LogP contribution in [-0.2, 0) is 18.2 Å². The van der Waals surface area contributed by atoms with E-state index in [4.69, 9.17) is 4.74 Å². The average molecular weight is 690 g/mol. The molecule has 264 valence electrons. The number of aryl methyl sites for hydroxylation is 2. The Balaban J connectivity index is 0.837. The highest BCUT2D eigenvalue weighted by Crippen LogP contribution is 2.61. The summed E-state index contributed by atoms with van der Waals surface area (Å²) in [6.45, 7) is 4.02. The van der Waals surface area contributed by atoms with Crippen LogP contribution in [0.1, 0.15) is 91.5 Å². The number of nitrogens with one attached hydrogen (secondary N) is 3. The Hall–Kier alpha value is -4.77. The molecule has 0 spiro atoms. The van der Waals surface area contributed by atoms with Gasteiger partial charge in [-0.1, -0.05) is 25.1 Å². The Bertz CT molecular complexity index is 2170. The van der Waals surface area contributed by atoms with Crippen LogP contribution < -0.4 is 16.2 Å². The maximum absolute atomic E-state index is 14.6. The van der Waals surface area contributed by atoms with E-state index in [1.165, 1.54) is 55.3 Å². The molecule has 3 heterocycles. The molecule has 0 saturated heterocycles. The lowest BCUT2D eigenvalue weighted by atomic mass is 9.55. The van der Waals surface area contributed by atoms with E-state index < -0.39 is 11.4 Å². The number of aromatic nitrogens is 5. The van der Waals surface area contributed by atoms with Crippen molar-refractivity contribution in [2.24, 2.45) is 24.3 Å². The van der Waals surface area contributed by atoms with Gasteiger partial charge in [-0.2, -0.15) is 10.2 Å². The molecule has 3 aromatic carbocycles. The lowest BCUT2D eigenvalue weighted by Gasteiger charge is -2.50. The molecule has 2 aromatic heterocycles. The van der Waals surface area contributed by atoms with Gasteiger partial charge >= 0.3 is 0 Å². The van der Waals surface area contributed by atoms with Crippen molar-refractivity contribution in [1.82, 2.24) is 25.0 Å². The fourth-order valence-corrected chi connectivity index (χ4v) is 10.3. The number of aromatic amines is 1. The first-order valence-electron chi connectivity index (χ1n) is 18.4. The van der Waals surface area contributed by atoms with Gasteiger partial charge in [0.25, 0.3) is 5.56 Å². The molecule has 0 amide bonds. The second-order valence-corrected chi connectivity index (χ2v) is 15.3. The second kappa shape index (κ2) is 12.5. The summed E-state index contributed by atoms with van der Waals surface area (Å²) in [5.74, 6) is 2.24. The van der Waals surface area contributed by atoms with Crippen LogP contribution in [0.25, 0.3) is 10.8 Å². The van der Waals surface area contributed by atoms with Gasteiger partial charge in [-0.25, -0.2) is 14.5 Å². The highest BCUT2D eigenvalue weighted by molar-refractivity contribution is 5.97. The number of fused-ring (bicyclic) bond motifs is 5. The zero-order valence-electron chi connectivity index (χ0n) is 29.0. The number of phenols is 1. The topological polar surface area (TPSA) is 130 Å². The maximum Gasteiger partial charge on any atom is 0.272 e. The number of benzene rings is 3. The smallest absolute Gasteiger partial charge is 0.272 e. The van der Waals surface area contributed by atoms with Crippen LogP contribution in [0.2, 0.25) is 0 Å². The number of phenolic OH excluding ortho intramolecular Hbond substituents is 1. The zero-order valence-corrected chi connectivity index (χ0v) is 29.0. The standard InChI is InChI=1S/C40H44FN7O3/c1-40-15-14-28-27-11-9-26(49)18-23(27)6-10-29(28)31(40)12-13-33(40)51-17-3-16-42-25-7-4-22(5-8-25)36-35(38-43-21-44-48(38)2)37-34-30(39(50)47-46-37)19-24(41)20-32(34)45-36/h4-5,7-9,11,18-21,28-29,31,33,35-36,42,45,49H,3,6,10,12-17H2,1-2H3,(H,47,50)/t28-,29-,31+,33+,35-,36-,40+/m1/s1. The molecule has 0 radical (unpaired) electrons. The molecule has 4 aliphatic rings. The molecular weight excluding hydrogens is 645 g/mol. The minimum atomic E-state index is -0.487. The van der Waals surface area contributed by atoms with Crippen LogP contribution in [-0.4, -0.2) is 49.3 Å². The van der Waals surface area contributed by atoms with Gasteiger partial charge in [0, 0.05) is 37.0 Å². The molecule has 2 saturated carbocycles. The van der Waals surface area contributed by atoms with E-state index in [9.17, 15) is 14.3 Å². The van der Waals surface area contributed by atoms with E-state index in [2.05, 4.69) is 68.2 Å². The summed E-state index contributed by atoms with van der Waals surface area (Å²) < 4.78 is 23.0. The quantitative estimate of drug-likeness (QED) is 0.129. The van der Waals surface area contributed by atoms with Gasteiger partial charge in [-0.15, -0.1) is 0 Å². The molecule has 10 nitrogen and oxygen atoms in total. The molecule has 4 N–H and O–H groups in total. The molecule has 11 heteroatoms. The average Bonchev–Trinajstić information content (AvgIpc) is 3.71. The van der Waals surface area contributed by atoms with Gasteiger partial charge < -0.3 is 20.5 Å². The Morgan fingerprint density at radius 1 is 1.10 bits per heavy atom. The van der Waals surface area contributed by atoms with Crippen molar-refractivity contribution in [1.29, 1.82) is 0 Å². The first-order chi connectivity index (χ1) is 24.8. The van der Waals surface area contributed by atoms with Crippen molar-refractivity contribution in [2.75, 3.05) is 23.8 Å². The second-order valence-electron chi connectivity index (χ2n) is 15.3. The Morgan fingerprint density at radius 2 is 1.96 bits per heavy atom. The Kier molecular flexibility index (Phi) is 7.86. The molecule has 51 heavy (non-hydrogen) atoms. The third-order valence-electron chi connectivity index (χ3n) is 12.7. The zero-order chi connectivity index (χ0) is 34.9. The molecule has 0 bridgehead atoms. The van der Waals surface area contributed by atoms with Gasteiger partial charge in [-0.3, -0.25) is 9.48 Å². The molecule has 1 aliphatic heterocycles. The van der Waals surface area contributed by atoms with Crippen molar-refractivity contribution in [2.45, 2.75) is 75.9 Å². The molecular formula is C40H44FN7O3. The van der Waals surface area contributed by atoms with Gasteiger partial charge in [0.15, 0.2) is 0 Å². The van der Waals surface area contributed by atoms with E-state index in [-0.39, 0.29) is 22.8 Å². The summed E-state index contributed by atoms with van der Waals surface area (Å²) in [4.78, 5) is 17.2. The number of halogens is 1. The highest BCUT2D eigenvalue weighted by Gasteiger charge is 2.55. The van der Waals surface area contributed by atoms with E-state index in [0.29, 0.717) is 52.2 Å². The fourth-order valence-electron chi connectivity index (χ4n) is 10.3. The van der Waals surface area contributed by atoms with E-state index in [0.717, 1.165) is 43.7 Å². The summed E-state index contributed by atoms with van der Waals surface area (Å²) in [5.41, 5.74) is 5.77. The lowest BCUT2D eigenvalue weighted by Crippen LogP contribution is -2.44. The van der Waals surface area contributed by atoms with Crippen LogP contribution in [0, 0.1) is 23.1 Å². The summed E-state index contributed by atoms with van der Waals surface area (Å²) in [6.07, 6.45) is 9.81. The number of ether oxygens (including phenoxy) is 1. The minimum absolute atomic E-state index is 0.234. The number of aromatic hydroxyl groups is 1. The predicted octanol–water partition coefficient (Wildman–Crippen LogP) is 6.94. The van der Waals surface area contributed by atoms with Crippen molar-refractivity contribution < 1.29 is 14.2 Å². The number of H-pyrrole nitrogens is 1. The van der Waals surface area contributed by atoms with Crippen LogP contribution in [0.3, 0.4) is 0 Å². The van der Waals surface area contributed by atoms with Crippen LogP contribution in [0.4, 0.5) is 15.8 Å². The van der Waals surface area contributed by atoms with Gasteiger partial charge in [0.05, 0.1) is 29.1 Å². The Morgan fingerprint density at radius 3 is 2.78 bits per heavy atom. The predicted molar refractivity (Wildman–Crippen MR) is 194 cm³/mol. The number of nitrogens with zero attached hydrogens (tertiary/aromatic N) is 4. The summed E-state index contributed by atoms with van der Waals surface area (Å²) in [7, 11) is 1.83. The fraction of sp³-hybridized carbons (Fsp3) is 0.450. The molecule has 3 aliphatic carbocycles. The first kappa shape index (κ1) is 32.2. The first-order valence-corrected chi connectivity index (χ1v) is 18.4. The lowest BCUT2D eigenvalue weighted by molar-refractivity contribution is -0.0638. The largest absolute Gasteiger partial charge is 0.508 e. The van der Waals surface area contributed by atoms with Crippen molar-refractivity contribution in [3.05, 3.63) is 105 Å². The number of rotatable bonds is 8. The Labute approximate surface area is 295 Å². The normalized spacial score (nSPS) is 27.7. The summed E-state index contributed by atoms with van der Waals surface area (Å²) in [6, 6.07) is 16.6. The van der Waals surface area contributed by atoms with Crippen molar-refractivity contribution in [3.8, 4) is 5.75 Å². The van der Waals surface area contributed by atoms with Crippen LogP contribution in [0.15, 0.2) is 65.7 Å². The monoisotopic (exact) mass is 689 g/mol.